The molecule has 0 unspecified atom stereocenters. The van der Waals surface area contributed by atoms with E-state index in [9.17, 15) is 4.79 Å². The molecule has 4 rings (SSSR count). The molecule has 0 radical (unpaired) electrons. The van der Waals surface area contributed by atoms with E-state index in [0.717, 1.165) is 16.8 Å². The zero-order valence-corrected chi connectivity index (χ0v) is 11.7. The number of nitrogens with two attached hydrogens (primary N) is 1. The number of fused-ring (bicyclic) bond motifs is 2. The van der Waals surface area contributed by atoms with E-state index in [4.69, 9.17) is 15.2 Å². The third-order valence-electron chi connectivity index (χ3n) is 3.59. The molecule has 0 bridgehead atoms. The molecule has 0 aliphatic carbocycles. The molecule has 0 saturated heterocycles. The molecule has 1 aliphatic heterocycles. The van der Waals surface area contributed by atoms with E-state index >= 15 is 0 Å². The average molecular weight is 295 g/mol. The maximum Gasteiger partial charge on any atom is 0.250 e. The number of hydrogen-bond acceptors (Lipinski definition) is 4. The summed E-state index contributed by atoms with van der Waals surface area (Å²) in [5, 5.41) is 5.33. The first-order valence-corrected chi connectivity index (χ1v) is 6.90. The van der Waals surface area contributed by atoms with Gasteiger partial charge in [0.15, 0.2) is 11.5 Å². The van der Waals surface area contributed by atoms with Crippen molar-refractivity contribution in [1.29, 1.82) is 0 Å². The van der Waals surface area contributed by atoms with Gasteiger partial charge in [-0.3, -0.25) is 4.79 Å². The quantitative estimate of drug-likeness (QED) is 0.783. The van der Waals surface area contributed by atoms with E-state index in [-0.39, 0.29) is 0 Å². The molecular weight excluding hydrogens is 282 g/mol. The molecule has 2 N–H and O–H groups in total. The van der Waals surface area contributed by atoms with Crippen LogP contribution in [0.3, 0.4) is 0 Å². The highest BCUT2D eigenvalue weighted by Crippen LogP contribution is 2.32. The molecule has 0 atom stereocenters. The molecular formula is C16H13N3O3. The third-order valence-corrected chi connectivity index (χ3v) is 3.59. The van der Waals surface area contributed by atoms with Crippen LogP contribution in [-0.2, 0) is 0 Å². The number of carbonyl (C=O) groups is 1. The Morgan fingerprint density at radius 2 is 1.95 bits per heavy atom. The molecule has 1 amide bonds. The lowest BCUT2D eigenvalue weighted by molar-refractivity contribution is 0.100. The zero-order valence-electron chi connectivity index (χ0n) is 11.7. The molecule has 0 fully saturated rings. The van der Waals surface area contributed by atoms with Crippen LogP contribution in [0, 0.1) is 0 Å². The lowest BCUT2D eigenvalue weighted by Crippen LogP contribution is -2.15. The molecule has 6 nitrogen and oxygen atoms in total. The van der Waals surface area contributed by atoms with E-state index in [0.29, 0.717) is 30.0 Å². The van der Waals surface area contributed by atoms with Gasteiger partial charge in [-0.1, -0.05) is 12.1 Å². The van der Waals surface area contributed by atoms with Gasteiger partial charge in [0.05, 0.1) is 11.3 Å². The van der Waals surface area contributed by atoms with Crippen LogP contribution in [0.1, 0.15) is 10.4 Å². The first kappa shape index (κ1) is 12.7. The normalized spacial score (nSPS) is 13.3. The fraction of sp³-hybridized carbons (Fsp3) is 0.125. The van der Waals surface area contributed by atoms with Gasteiger partial charge in [0.25, 0.3) is 5.91 Å². The Balaban J connectivity index is 1.84. The number of ether oxygens (including phenoxy) is 2. The first-order chi connectivity index (χ1) is 10.7. The van der Waals surface area contributed by atoms with Gasteiger partial charge in [-0.05, 0) is 18.2 Å². The second kappa shape index (κ2) is 4.77. The summed E-state index contributed by atoms with van der Waals surface area (Å²) in [5.41, 5.74) is 7.22. The van der Waals surface area contributed by atoms with Crippen LogP contribution < -0.4 is 15.2 Å². The predicted molar refractivity (Wildman–Crippen MR) is 80.6 cm³/mol. The second-order valence-electron chi connectivity index (χ2n) is 5.01. The number of aromatic nitrogens is 2. The van der Waals surface area contributed by atoms with Gasteiger partial charge in [0, 0.05) is 17.6 Å². The molecule has 22 heavy (non-hydrogen) atoms. The minimum absolute atomic E-state index is 0.411. The maximum atomic E-state index is 11.5. The summed E-state index contributed by atoms with van der Waals surface area (Å²) in [6, 6.07) is 11.0. The third kappa shape index (κ3) is 1.96. The summed E-state index contributed by atoms with van der Waals surface area (Å²) in [6.07, 6.45) is 1.85. The van der Waals surface area contributed by atoms with Crippen molar-refractivity contribution < 1.29 is 14.3 Å². The first-order valence-electron chi connectivity index (χ1n) is 6.90. The van der Waals surface area contributed by atoms with E-state index < -0.39 is 5.91 Å². The Bertz CT molecular complexity index is 885. The summed E-state index contributed by atoms with van der Waals surface area (Å²) < 4.78 is 12.8. The monoisotopic (exact) mass is 295 g/mol. The highest BCUT2D eigenvalue weighted by Gasteiger charge is 2.14. The van der Waals surface area contributed by atoms with Crippen LogP contribution in [0.2, 0.25) is 0 Å². The van der Waals surface area contributed by atoms with Crippen LogP contribution in [0.15, 0.2) is 42.6 Å². The van der Waals surface area contributed by atoms with Gasteiger partial charge in [0.1, 0.15) is 18.7 Å². The number of nitrogens with zero attached hydrogens (tertiary/aromatic N) is 2. The minimum Gasteiger partial charge on any atom is -0.486 e. The summed E-state index contributed by atoms with van der Waals surface area (Å²) in [7, 11) is 0. The van der Waals surface area contributed by atoms with Crippen LogP contribution in [0.4, 0.5) is 0 Å². The van der Waals surface area contributed by atoms with Gasteiger partial charge >= 0.3 is 0 Å². The Morgan fingerprint density at radius 3 is 2.77 bits per heavy atom. The SMILES string of the molecule is NC(=O)c1cccc2cn(-c3ccc4c(c3)OCCO4)nc12. The summed E-state index contributed by atoms with van der Waals surface area (Å²) >= 11 is 0. The van der Waals surface area contributed by atoms with Gasteiger partial charge < -0.3 is 15.2 Å². The molecule has 1 aromatic heterocycles. The summed E-state index contributed by atoms with van der Waals surface area (Å²) in [6.45, 7) is 1.09. The predicted octanol–water partition coefficient (Wildman–Crippen LogP) is 1.90. The van der Waals surface area contributed by atoms with Crippen LogP contribution in [0.5, 0.6) is 11.5 Å². The molecule has 0 saturated carbocycles. The smallest absolute Gasteiger partial charge is 0.250 e. The Morgan fingerprint density at radius 1 is 1.14 bits per heavy atom. The van der Waals surface area contributed by atoms with Gasteiger partial charge in [-0.15, -0.1) is 0 Å². The van der Waals surface area contributed by atoms with E-state index in [2.05, 4.69) is 5.10 Å². The number of hydrogen-bond donors (Lipinski definition) is 1. The van der Waals surface area contributed by atoms with Crippen molar-refractivity contribution in [1.82, 2.24) is 9.78 Å². The van der Waals surface area contributed by atoms with Crippen LogP contribution >= 0.6 is 0 Å². The number of benzene rings is 2. The van der Waals surface area contributed by atoms with Crippen molar-refractivity contribution in [3.63, 3.8) is 0 Å². The lowest BCUT2D eigenvalue weighted by atomic mass is 10.1. The van der Waals surface area contributed by atoms with Crippen molar-refractivity contribution in [2.75, 3.05) is 13.2 Å². The largest absolute Gasteiger partial charge is 0.486 e. The van der Waals surface area contributed by atoms with E-state index in [1.807, 2.05) is 30.5 Å². The number of amides is 1. The Hall–Kier alpha value is -3.02. The molecule has 2 aromatic carbocycles. The van der Waals surface area contributed by atoms with Gasteiger partial charge in [-0.2, -0.15) is 5.10 Å². The molecule has 6 heteroatoms. The van der Waals surface area contributed by atoms with Gasteiger partial charge in [-0.25, -0.2) is 4.68 Å². The lowest BCUT2D eigenvalue weighted by Gasteiger charge is -2.18. The van der Waals surface area contributed by atoms with Crippen molar-refractivity contribution in [2.45, 2.75) is 0 Å². The number of primary amides is 1. The van der Waals surface area contributed by atoms with Crippen molar-refractivity contribution in [3.8, 4) is 17.2 Å². The van der Waals surface area contributed by atoms with E-state index in [1.54, 1.807) is 16.8 Å². The summed E-state index contributed by atoms with van der Waals surface area (Å²) in [4.78, 5) is 11.5. The highest BCUT2D eigenvalue weighted by atomic mass is 16.6. The van der Waals surface area contributed by atoms with E-state index in [1.165, 1.54) is 0 Å². The topological polar surface area (TPSA) is 79.4 Å². The zero-order chi connectivity index (χ0) is 15.1. The molecule has 3 aromatic rings. The van der Waals surface area contributed by atoms with Crippen molar-refractivity contribution >= 4 is 16.8 Å². The number of rotatable bonds is 2. The van der Waals surface area contributed by atoms with Crippen molar-refractivity contribution in [3.05, 3.63) is 48.2 Å². The molecule has 0 spiro atoms. The molecule has 2 heterocycles. The Kier molecular flexibility index (Phi) is 2.75. The molecule has 1 aliphatic rings. The minimum atomic E-state index is -0.488. The van der Waals surface area contributed by atoms with Crippen LogP contribution in [-0.4, -0.2) is 28.9 Å². The fourth-order valence-corrected chi connectivity index (χ4v) is 2.55. The molecule has 110 valence electrons. The van der Waals surface area contributed by atoms with Crippen LogP contribution in [0.25, 0.3) is 16.6 Å². The standard InChI is InChI=1S/C16H13N3O3/c17-16(20)12-3-1-2-10-9-19(18-15(10)12)11-4-5-13-14(8-11)22-7-6-21-13/h1-5,8-9H,6-7H2,(H2,17,20). The highest BCUT2D eigenvalue weighted by molar-refractivity contribution is 6.04. The fourth-order valence-electron chi connectivity index (χ4n) is 2.55. The number of carbonyl (C=O) groups excluding carboxylic acids is 1. The second-order valence-corrected chi connectivity index (χ2v) is 5.01. The summed E-state index contributed by atoms with van der Waals surface area (Å²) in [5.74, 6) is 0.931. The maximum absolute atomic E-state index is 11.5. The van der Waals surface area contributed by atoms with Crippen molar-refractivity contribution in [2.24, 2.45) is 5.73 Å². The Labute approximate surface area is 126 Å². The average Bonchev–Trinajstić information content (AvgIpc) is 2.98. The van der Waals surface area contributed by atoms with Gasteiger partial charge in [0.2, 0.25) is 0 Å².